The molecule has 4 heteroatoms. The highest BCUT2D eigenvalue weighted by Crippen LogP contribution is 2.43. The molecule has 0 aromatic heterocycles. The first-order valence-electron chi connectivity index (χ1n) is 12.7. The maximum absolute atomic E-state index is 15.1. The summed E-state index contributed by atoms with van der Waals surface area (Å²) in [4.78, 5) is 0. The molecule has 0 N–H and O–H groups in total. The van der Waals surface area contributed by atoms with Crippen molar-refractivity contribution in [1.82, 2.24) is 0 Å². The van der Waals surface area contributed by atoms with Crippen LogP contribution >= 0.6 is 11.6 Å². The Hall–Kier alpha value is -2.13. The molecule has 34 heavy (non-hydrogen) atoms. The van der Waals surface area contributed by atoms with E-state index in [2.05, 4.69) is 12.7 Å². The summed E-state index contributed by atoms with van der Waals surface area (Å²) in [6, 6.07) is 8.21. The smallest absolute Gasteiger partial charge is 0.153 e. The molecule has 4 rings (SSSR count). The fourth-order valence-electron chi connectivity index (χ4n) is 5.79. The molecule has 2 aliphatic carbocycles. The third-order valence-electron chi connectivity index (χ3n) is 7.76. The summed E-state index contributed by atoms with van der Waals surface area (Å²) >= 11 is 6.12. The van der Waals surface area contributed by atoms with Crippen LogP contribution in [0.3, 0.4) is 0 Å². The van der Waals surface area contributed by atoms with Crippen LogP contribution in [0.4, 0.5) is 8.78 Å². The average Bonchev–Trinajstić information content (AvgIpc) is 2.86. The van der Waals surface area contributed by atoms with Crippen molar-refractivity contribution in [3.8, 4) is 16.9 Å². The summed E-state index contributed by atoms with van der Waals surface area (Å²) in [5.74, 6) is 1.79. The van der Waals surface area contributed by atoms with E-state index >= 15 is 4.39 Å². The summed E-state index contributed by atoms with van der Waals surface area (Å²) in [5.41, 5.74) is 2.46. The van der Waals surface area contributed by atoms with Crippen molar-refractivity contribution in [2.75, 3.05) is 6.61 Å². The fraction of sp³-hybridized carbons (Fsp3) is 0.467. The van der Waals surface area contributed by atoms with E-state index in [1.165, 1.54) is 38.2 Å². The maximum atomic E-state index is 15.1. The third kappa shape index (κ3) is 5.57. The van der Waals surface area contributed by atoms with E-state index in [0.29, 0.717) is 29.4 Å². The lowest BCUT2D eigenvalue weighted by molar-refractivity contribution is 0.190. The first kappa shape index (κ1) is 25.0. The number of hydrogen-bond acceptors (Lipinski definition) is 1. The topological polar surface area (TPSA) is 9.23 Å². The SMILES string of the molecule is C=CCCC1CCC(C2CC=C(c3ccc(-c4ccc(OCC)c(Cl)c4F)cc3F)CC2)CC1. The summed E-state index contributed by atoms with van der Waals surface area (Å²) in [5, 5.41) is -0.0698. The predicted molar refractivity (Wildman–Crippen MR) is 138 cm³/mol. The van der Waals surface area contributed by atoms with Gasteiger partial charge in [-0.1, -0.05) is 48.7 Å². The molecule has 2 aliphatic rings. The molecule has 1 atom stereocenters. The normalized spacial score (nSPS) is 22.8. The molecule has 1 fully saturated rings. The molecule has 2 aromatic rings. The number of benzene rings is 2. The van der Waals surface area contributed by atoms with Gasteiger partial charge < -0.3 is 4.74 Å². The Bertz CT molecular complexity index is 1040. The van der Waals surface area contributed by atoms with Gasteiger partial charge in [0.05, 0.1) is 6.61 Å². The number of allylic oxidation sites excluding steroid dienone is 3. The molecule has 182 valence electrons. The second kappa shape index (κ2) is 11.5. The van der Waals surface area contributed by atoms with Gasteiger partial charge in [0.25, 0.3) is 0 Å². The van der Waals surface area contributed by atoms with E-state index in [0.717, 1.165) is 43.1 Å². The Kier molecular flexibility index (Phi) is 8.47. The van der Waals surface area contributed by atoms with Crippen molar-refractivity contribution in [3.63, 3.8) is 0 Å². The van der Waals surface area contributed by atoms with Gasteiger partial charge in [0.2, 0.25) is 0 Å². The highest BCUT2D eigenvalue weighted by Gasteiger charge is 2.29. The largest absolute Gasteiger partial charge is 0.492 e. The van der Waals surface area contributed by atoms with Crippen LogP contribution in [0.2, 0.25) is 5.02 Å². The lowest BCUT2D eigenvalue weighted by Gasteiger charge is -2.35. The van der Waals surface area contributed by atoms with Crippen LogP contribution in [0.25, 0.3) is 16.7 Å². The standard InChI is InChI=1S/C30H35ClF2O/c1-3-5-6-20-7-9-21(10-8-20)22-11-13-23(14-12-22)25-16-15-24(19-27(25)32)26-17-18-28(34-4-2)29(31)30(26)33/h3,13,15-22H,1,4-12,14H2,2H3. The molecular weight excluding hydrogens is 450 g/mol. The number of ether oxygens (including phenoxy) is 1. The molecule has 1 nitrogen and oxygen atoms in total. The Morgan fingerprint density at radius 3 is 2.44 bits per heavy atom. The predicted octanol–water partition coefficient (Wildman–Crippen LogP) is 9.64. The second-order valence-corrected chi connectivity index (χ2v) is 10.2. The van der Waals surface area contributed by atoms with Gasteiger partial charge in [0.15, 0.2) is 5.82 Å². The molecule has 1 unspecified atom stereocenters. The first-order chi connectivity index (χ1) is 16.5. The van der Waals surface area contributed by atoms with E-state index in [-0.39, 0.29) is 16.4 Å². The van der Waals surface area contributed by atoms with Gasteiger partial charge >= 0.3 is 0 Å². The Morgan fingerprint density at radius 1 is 1.03 bits per heavy atom. The van der Waals surface area contributed by atoms with Gasteiger partial charge in [-0.3, -0.25) is 0 Å². The molecular formula is C30H35ClF2O. The summed E-state index contributed by atoms with van der Waals surface area (Å²) in [6.07, 6.45) is 15.1. The number of halogens is 3. The van der Waals surface area contributed by atoms with Crippen molar-refractivity contribution < 1.29 is 13.5 Å². The van der Waals surface area contributed by atoms with Crippen LogP contribution < -0.4 is 4.74 Å². The Labute approximate surface area is 207 Å². The molecule has 0 heterocycles. The Morgan fingerprint density at radius 2 is 1.79 bits per heavy atom. The van der Waals surface area contributed by atoms with E-state index in [4.69, 9.17) is 16.3 Å². The highest BCUT2D eigenvalue weighted by atomic mass is 35.5. The lowest BCUT2D eigenvalue weighted by Crippen LogP contribution is -2.23. The van der Waals surface area contributed by atoms with Gasteiger partial charge in [0.1, 0.15) is 16.6 Å². The van der Waals surface area contributed by atoms with Crippen LogP contribution in [0.1, 0.15) is 70.3 Å². The van der Waals surface area contributed by atoms with Gasteiger partial charge in [-0.15, -0.1) is 6.58 Å². The number of rotatable bonds is 8. The third-order valence-corrected chi connectivity index (χ3v) is 8.11. The minimum atomic E-state index is -0.585. The molecule has 0 amide bonds. The van der Waals surface area contributed by atoms with Crippen molar-refractivity contribution >= 4 is 17.2 Å². The summed E-state index contributed by atoms with van der Waals surface area (Å²) < 4.78 is 35.3. The van der Waals surface area contributed by atoms with Crippen LogP contribution in [-0.4, -0.2) is 6.61 Å². The second-order valence-electron chi connectivity index (χ2n) is 9.78. The maximum Gasteiger partial charge on any atom is 0.153 e. The average molecular weight is 485 g/mol. The van der Waals surface area contributed by atoms with Gasteiger partial charge in [-0.05, 0) is 99.0 Å². The van der Waals surface area contributed by atoms with Crippen LogP contribution in [0, 0.1) is 29.4 Å². The van der Waals surface area contributed by atoms with Crippen molar-refractivity contribution in [2.24, 2.45) is 17.8 Å². The fourth-order valence-corrected chi connectivity index (χ4v) is 6.01. The molecule has 0 radical (unpaired) electrons. The minimum absolute atomic E-state index is 0.0698. The van der Waals surface area contributed by atoms with E-state index in [1.807, 2.05) is 13.0 Å². The van der Waals surface area contributed by atoms with E-state index in [9.17, 15) is 4.39 Å². The van der Waals surface area contributed by atoms with E-state index < -0.39 is 5.82 Å². The highest BCUT2D eigenvalue weighted by molar-refractivity contribution is 6.32. The summed E-state index contributed by atoms with van der Waals surface area (Å²) in [7, 11) is 0. The zero-order valence-corrected chi connectivity index (χ0v) is 20.8. The van der Waals surface area contributed by atoms with Gasteiger partial charge in [-0.25, -0.2) is 8.78 Å². The zero-order chi connectivity index (χ0) is 24.1. The molecule has 0 saturated heterocycles. The molecule has 1 saturated carbocycles. The van der Waals surface area contributed by atoms with E-state index in [1.54, 1.807) is 24.3 Å². The van der Waals surface area contributed by atoms with Crippen molar-refractivity contribution in [1.29, 1.82) is 0 Å². The number of hydrogen-bond donors (Lipinski definition) is 0. The van der Waals surface area contributed by atoms with Crippen LogP contribution in [0.15, 0.2) is 49.1 Å². The minimum Gasteiger partial charge on any atom is -0.492 e. The first-order valence-corrected chi connectivity index (χ1v) is 13.1. The Balaban J connectivity index is 1.42. The molecule has 0 bridgehead atoms. The zero-order valence-electron chi connectivity index (χ0n) is 20.1. The van der Waals surface area contributed by atoms with Crippen molar-refractivity contribution in [3.05, 3.63) is 71.3 Å². The van der Waals surface area contributed by atoms with Gasteiger partial charge in [0, 0.05) is 11.1 Å². The van der Waals surface area contributed by atoms with Gasteiger partial charge in [-0.2, -0.15) is 0 Å². The monoisotopic (exact) mass is 484 g/mol. The molecule has 0 spiro atoms. The molecule has 0 aliphatic heterocycles. The van der Waals surface area contributed by atoms with Crippen LogP contribution in [-0.2, 0) is 0 Å². The van der Waals surface area contributed by atoms with Crippen molar-refractivity contribution in [2.45, 2.75) is 64.7 Å². The lowest BCUT2D eigenvalue weighted by atomic mass is 9.70. The van der Waals surface area contributed by atoms with Crippen LogP contribution in [0.5, 0.6) is 5.75 Å². The quantitative estimate of drug-likeness (QED) is 0.339. The molecule has 2 aromatic carbocycles. The summed E-state index contributed by atoms with van der Waals surface area (Å²) in [6.45, 7) is 6.06.